The molecule has 0 spiro atoms. The summed E-state index contributed by atoms with van der Waals surface area (Å²) in [6.45, 7) is 12.7. The van der Waals surface area contributed by atoms with Crippen molar-refractivity contribution in [2.45, 2.75) is 20.8 Å². The van der Waals surface area contributed by atoms with E-state index in [0.717, 1.165) is 11.1 Å². The first-order valence-electron chi connectivity index (χ1n) is 4.17. The van der Waals surface area contributed by atoms with Crippen molar-refractivity contribution in [1.82, 2.24) is 0 Å². The molecule has 0 unspecified atom stereocenters. The third-order valence-corrected chi connectivity index (χ3v) is 1.67. The summed E-state index contributed by atoms with van der Waals surface area (Å²) < 4.78 is 0. The van der Waals surface area contributed by atoms with E-state index in [2.05, 4.69) is 13.2 Å². The number of allylic oxidation sites excluding steroid dienone is 6. The van der Waals surface area contributed by atoms with Crippen LogP contribution in [0.3, 0.4) is 0 Å². The van der Waals surface area contributed by atoms with E-state index in [1.165, 1.54) is 6.92 Å². The van der Waals surface area contributed by atoms with Gasteiger partial charge < -0.3 is 0 Å². The van der Waals surface area contributed by atoms with Gasteiger partial charge in [-0.25, -0.2) is 0 Å². The van der Waals surface area contributed by atoms with E-state index in [-0.39, 0.29) is 5.78 Å². The average molecular weight is 176 g/mol. The van der Waals surface area contributed by atoms with E-state index in [1.54, 1.807) is 12.2 Å². The largest absolute Gasteiger partial charge is 0.295 e. The summed E-state index contributed by atoms with van der Waals surface area (Å²) in [5.41, 5.74) is 2.49. The van der Waals surface area contributed by atoms with Crippen LogP contribution in [0.1, 0.15) is 20.8 Å². The maximum atomic E-state index is 11.1. The first-order valence-corrected chi connectivity index (χ1v) is 4.17. The minimum absolute atomic E-state index is 0.0422. The van der Waals surface area contributed by atoms with Gasteiger partial charge in [0, 0.05) is 5.57 Å². The van der Waals surface area contributed by atoms with Crippen LogP contribution in [0.2, 0.25) is 0 Å². The average Bonchev–Trinajstić information content (AvgIpc) is 2.03. The third-order valence-electron chi connectivity index (χ3n) is 1.67. The topological polar surface area (TPSA) is 17.1 Å². The molecule has 0 aliphatic rings. The molecule has 0 aromatic carbocycles. The number of ketones is 1. The second-order valence-electron chi connectivity index (χ2n) is 3.03. The first-order chi connectivity index (χ1) is 5.99. The number of hydrogen-bond acceptors (Lipinski definition) is 1. The SMILES string of the molecule is C=C/C(C)=C/C=C(\C(=C)C)C(C)=O. The Morgan fingerprint density at radius 2 is 1.69 bits per heavy atom. The van der Waals surface area contributed by atoms with Gasteiger partial charge in [0.05, 0.1) is 0 Å². The van der Waals surface area contributed by atoms with Crippen LogP contribution >= 0.6 is 0 Å². The molecule has 0 saturated carbocycles. The number of carbonyl (C=O) groups excluding carboxylic acids is 1. The fourth-order valence-electron chi connectivity index (χ4n) is 0.843. The zero-order valence-corrected chi connectivity index (χ0v) is 8.55. The highest BCUT2D eigenvalue weighted by Crippen LogP contribution is 2.09. The lowest BCUT2D eigenvalue weighted by atomic mass is 10.0. The van der Waals surface area contributed by atoms with Gasteiger partial charge in [0.1, 0.15) is 0 Å². The van der Waals surface area contributed by atoms with Crippen LogP contribution in [0.5, 0.6) is 0 Å². The summed E-state index contributed by atoms with van der Waals surface area (Å²) in [4.78, 5) is 11.1. The van der Waals surface area contributed by atoms with E-state index < -0.39 is 0 Å². The maximum Gasteiger partial charge on any atom is 0.160 e. The Hall–Kier alpha value is -1.37. The Morgan fingerprint density at radius 3 is 2.00 bits per heavy atom. The van der Waals surface area contributed by atoms with Gasteiger partial charge in [-0.2, -0.15) is 0 Å². The Labute approximate surface area is 80.2 Å². The van der Waals surface area contributed by atoms with Gasteiger partial charge in [0.25, 0.3) is 0 Å². The molecule has 0 amide bonds. The third kappa shape index (κ3) is 4.26. The van der Waals surface area contributed by atoms with Crippen LogP contribution in [0.25, 0.3) is 0 Å². The molecule has 13 heavy (non-hydrogen) atoms. The quantitative estimate of drug-likeness (QED) is 0.475. The molecular weight excluding hydrogens is 160 g/mol. The molecule has 0 N–H and O–H groups in total. The first kappa shape index (κ1) is 11.6. The fraction of sp³-hybridized carbons (Fsp3) is 0.250. The Morgan fingerprint density at radius 1 is 1.15 bits per heavy atom. The number of Topliss-reactive ketones (excluding diaryl/α,β-unsaturated/α-hetero) is 1. The molecule has 0 bridgehead atoms. The van der Waals surface area contributed by atoms with Gasteiger partial charge in [-0.3, -0.25) is 4.79 Å². The molecule has 70 valence electrons. The lowest BCUT2D eigenvalue weighted by molar-refractivity contribution is -0.113. The normalized spacial score (nSPS) is 12.5. The summed E-state index contributed by atoms with van der Waals surface area (Å²) >= 11 is 0. The number of carbonyl (C=O) groups is 1. The molecule has 0 aromatic heterocycles. The van der Waals surface area contributed by atoms with Crippen molar-refractivity contribution in [2.75, 3.05) is 0 Å². The van der Waals surface area contributed by atoms with Crippen molar-refractivity contribution in [3.8, 4) is 0 Å². The monoisotopic (exact) mass is 176 g/mol. The van der Waals surface area contributed by atoms with E-state index in [0.29, 0.717) is 5.57 Å². The van der Waals surface area contributed by atoms with Crippen molar-refractivity contribution in [3.05, 3.63) is 48.1 Å². The van der Waals surface area contributed by atoms with Gasteiger partial charge in [-0.05, 0) is 26.3 Å². The molecule has 0 aliphatic heterocycles. The molecule has 1 nitrogen and oxygen atoms in total. The van der Waals surface area contributed by atoms with Crippen LogP contribution in [0.4, 0.5) is 0 Å². The molecule has 0 aromatic rings. The molecule has 0 heterocycles. The summed E-state index contributed by atoms with van der Waals surface area (Å²) in [5, 5.41) is 0. The summed E-state index contributed by atoms with van der Waals surface area (Å²) in [7, 11) is 0. The van der Waals surface area contributed by atoms with E-state index >= 15 is 0 Å². The highest BCUT2D eigenvalue weighted by atomic mass is 16.1. The smallest absolute Gasteiger partial charge is 0.160 e. The highest BCUT2D eigenvalue weighted by molar-refractivity contribution is 5.97. The van der Waals surface area contributed by atoms with Crippen molar-refractivity contribution in [3.63, 3.8) is 0 Å². The van der Waals surface area contributed by atoms with Crippen LogP contribution in [-0.2, 0) is 4.79 Å². The second kappa shape index (κ2) is 5.31. The zero-order valence-electron chi connectivity index (χ0n) is 8.55. The predicted molar refractivity (Wildman–Crippen MR) is 57.5 cm³/mol. The summed E-state index contributed by atoms with van der Waals surface area (Å²) in [6, 6.07) is 0. The molecule has 0 radical (unpaired) electrons. The van der Waals surface area contributed by atoms with Gasteiger partial charge in [-0.1, -0.05) is 37.0 Å². The molecule has 1 heteroatoms. The van der Waals surface area contributed by atoms with Crippen molar-refractivity contribution >= 4 is 5.78 Å². The van der Waals surface area contributed by atoms with Crippen LogP contribution in [-0.4, -0.2) is 5.78 Å². The van der Waals surface area contributed by atoms with Crippen molar-refractivity contribution in [1.29, 1.82) is 0 Å². The Kier molecular flexibility index (Phi) is 4.75. The predicted octanol–water partition coefficient (Wildman–Crippen LogP) is 3.21. The van der Waals surface area contributed by atoms with Crippen molar-refractivity contribution < 1.29 is 4.79 Å². The van der Waals surface area contributed by atoms with Gasteiger partial charge >= 0.3 is 0 Å². The van der Waals surface area contributed by atoms with Crippen LogP contribution in [0, 0.1) is 0 Å². The lowest BCUT2D eigenvalue weighted by Crippen LogP contribution is -1.96. The molecule has 0 atom stereocenters. The summed E-state index contributed by atoms with van der Waals surface area (Å²) in [6.07, 6.45) is 5.38. The van der Waals surface area contributed by atoms with E-state index in [1.807, 2.05) is 19.9 Å². The molecular formula is C12H16O. The fourth-order valence-corrected chi connectivity index (χ4v) is 0.843. The zero-order chi connectivity index (χ0) is 10.4. The van der Waals surface area contributed by atoms with Gasteiger partial charge in [-0.15, -0.1) is 0 Å². The summed E-state index contributed by atoms with van der Waals surface area (Å²) in [5.74, 6) is 0.0422. The van der Waals surface area contributed by atoms with Gasteiger partial charge in [0.2, 0.25) is 0 Å². The van der Waals surface area contributed by atoms with Crippen LogP contribution in [0.15, 0.2) is 48.1 Å². The molecule has 0 rings (SSSR count). The lowest BCUT2D eigenvalue weighted by Gasteiger charge is -1.99. The molecule has 0 fully saturated rings. The van der Waals surface area contributed by atoms with E-state index in [4.69, 9.17) is 0 Å². The molecule has 0 aliphatic carbocycles. The maximum absolute atomic E-state index is 11.1. The Bertz CT molecular complexity index is 274. The number of rotatable bonds is 4. The second-order valence-corrected chi connectivity index (χ2v) is 3.03. The van der Waals surface area contributed by atoms with Crippen LogP contribution < -0.4 is 0 Å². The number of hydrogen-bond donors (Lipinski definition) is 0. The van der Waals surface area contributed by atoms with Gasteiger partial charge in [0.15, 0.2) is 5.78 Å². The van der Waals surface area contributed by atoms with E-state index in [9.17, 15) is 4.79 Å². The molecule has 0 saturated heterocycles. The van der Waals surface area contributed by atoms with Crippen molar-refractivity contribution in [2.24, 2.45) is 0 Å². The highest BCUT2D eigenvalue weighted by Gasteiger charge is 2.01. The standard InChI is InChI=1S/C12H16O/c1-6-10(4)7-8-12(9(2)3)11(5)13/h6-8H,1-2H2,3-5H3/b10-7+,12-8+. The minimum atomic E-state index is 0.0422. The Balaban J connectivity index is 4.86. The minimum Gasteiger partial charge on any atom is -0.295 e.